The molecule has 0 aliphatic heterocycles. The van der Waals surface area contributed by atoms with Gasteiger partial charge in [-0.25, -0.2) is 9.48 Å². The van der Waals surface area contributed by atoms with Gasteiger partial charge in [0.15, 0.2) is 5.69 Å². The first-order valence-corrected chi connectivity index (χ1v) is 10.5. The minimum absolute atomic E-state index is 0.177. The summed E-state index contributed by atoms with van der Waals surface area (Å²) in [5.41, 5.74) is 3.44. The molecule has 0 atom stereocenters. The molecule has 0 saturated carbocycles. The van der Waals surface area contributed by atoms with Crippen LogP contribution in [0.2, 0.25) is 0 Å². The smallest absolute Gasteiger partial charge is 0.358 e. The van der Waals surface area contributed by atoms with Crippen molar-refractivity contribution in [3.05, 3.63) is 96.2 Å². The Morgan fingerprint density at radius 3 is 2.45 bits per heavy atom. The minimum Gasteiger partial charge on any atom is -0.494 e. The first kappa shape index (κ1) is 21.8. The standard InChI is InChI=1S/C26H23N3O4/c1-3-33-26(31)21-17-23(29(28-21)22-14-7-8-15-24(22)32-2)19-12-9-13-20(16-19)27-25(30)18-10-5-4-6-11-18/h4-17H,3H2,1-2H3,(H,27,30). The van der Waals surface area contributed by atoms with Gasteiger partial charge in [0.05, 0.1) is 19.4 Å². The number of aromatic nitrogens is 2. The fraction of sp³-hybridized carbons (Fsp3) is 0.115. The first-order valence-electron chi connectivity index (χ1n) is 10.5. The Labute approximate surface area is 191 Å². The summed E-state index contributed by atoms with van der Waals surface area (Å²) in [5, 5.41) is 7.41. The van der Waals surface area contributed by atoms with Crippen LogP contribution in [0.3, 0.4) is 0 Å². The summed E-state index contributed by atoms with van der Waals surface area (Å²) in [5.74, 6) is -0.120. The van der Waals surface area contributed by atoms with Crippen molar-refractivity contribution in [2.45, 2.75) is 6.92 Å². The van der Waals surface area contributed by atoms with Crippen molar-refractivity contribution in [3.8, 4) is 22.7 Å². The van der Waals surface area contributed by atoms with Crippen LogP contribution in [0.5, 0.6) is 5.75 Å². The second-order valence-corrected chi connectivity index (χ2v) is 7.12. The second kappa shape index (κ2) is 9.82. The molecule has 1 aromatic heterocycles. The zero-order valence-electron chi connectivity index (χ0n) is 18.3. The highest BCUT2D eigenvalue weighted by molar-refractivity contribution is 6.04. The normalized spacial score (nSPS) is 10.5. The summed E-state index contributed by atoms with van der Waals surface area (Å²) < 4.78 is 12.3. The molecule has 0 unspecified atom stereocenters. The van der Waals surface area contributed by atoms with E-state index < -0.39 is 5.97 Å². The predicted molar refractivity (Wildman–Crippen MR) is 126 cm³/mol. The molecule has 0 bridgehead atoms. The highest BCUT2D eigenvalue weighted by Gasteiger charge is 2.20. The SMILES string of the molecule is CCOC(=O)c1cc(-c2cccc(NC(=O)c3ccccc3)c2)n(-c2ccccc2OC)n1. The number of rotatable bonds is 7. The topological polar surface area (TPSA) is 82.5 Å². The van der Waals surface area contributed by atoms with Crippen molar-refractivity contribution < 1.29 is 19.1 Å². The lowest BCUT2D eigenvalue weighted by Gasteiger charge is -2.12. The number of hydrogen-bond donors (Lipinski definition) is 1. The van der Waals surface area contributed by atoms with Gasteiger partial charge in [-0.3, -0.25) is 4.79 Å². The Balaban J connectivity index is 1.75. The third kappa shape index (κ3) is 4.77. The van der Waals surface area contributed by atoms with Crippen LogP contribution < -0.4 is 10.1 Å². The van der Waals surface area contributed by atoms with Gasteiger partial charge in [-0.05, 0) is 49.4 Å². The van der Waals surface area contributed by atoms with Crippen molar-refractivity contribution in [3.63, 3.8) is 0 Å². The summed E-state index contributed by atoms with van der Waals surface area (Å²) in [6.07, 6.45) is 0. The van der Waals surface area contributed by atoms with Crippen LogP contribution in [0.4, 0.5) is 5.69 Å². The van der Waals surface area contributed by atoms with E-state index in [4.69, 9.17) is 9.47 Å². The summed E-state index contributed by atoms with van der Waals surface area (Å²) in [6, 6.07) is 25.4. The highest BCUT2D eigenvalue weighted by atomic mass is 16.5. The molecule has 1 amide bonds. The van der Waals surface area contributed by atoms with Crippen LogP contribution in [0.1, 0.15) is 27.8 Å². The molecule has 0 aliphatic rings. The molecule has 4 rings (SSSR count). The number of hydrogen-bond acceptors (Lipinski definition) is 5. The predicted octanol–water partition coefficient (Wildman–Crippen LogP) is 4.98. The number of ether oxygens (including phenoxy) is 2. The molecule has 0 spiro atoms. The van der Waals surface area contributed by atoms with Crippen LogP contribution >= 0.6 is 0 Å². The Bertz CT molecular complexity index is 1280. The van der Waals surface area contributed by atoms with Gasteiger partial charge in [0.25, 0.3) is 5.91 Å². The van der Waals surface area contributed by atoms with Gasteiger partial charge in [-0.2, -0.15) is 5.10 Å². The van der Waals surface area contributed by atoms with Gasteiger partial charge in [-0.15, -0.1) is 0 Å². The van der Waals surface area contributed by atoms with Crippen LogP contribution in [-0.4, -0.2) is 35.4 Å². The fourth-order valence-electron chi connectivity index (χ4n) is 3.43. The maximum absolute atomic E-state index is 12.6. The van der Waals surface area contributed by atoms with Gasteiger partial charge in [-0.1, -0.05) is 42.5 Å². The lowest BCUT2D eigenvalue weighted by Crippen LogP contribution is -2.11. The third-order valence-corrected chi connectivity index (χ3v) is 4.96. The van der Waals surface area contributed by atoms with E-state index in [0.717, 1.165) is 5.56 Å². The Morgan fingerprint density at radius 2 is 1.70 bits per heavy atom. The lowest BCUT2D eigenvalue weighted by atomic mass is 10.1. The molecule has 7 heteroatoms. The maximum Gasteiger partial charge on any atom is 0.358 e. The summed E-state index contributed by atoms with van der Waals surface area (Å²) in [6.45, 7) is 1.99. The number of methoxy groups -OCH3 is 1. The Kier molecular flexibility index (Phi) is 6.50. The fourth-order valence-corrected chi connectivity index (χ4v) is 3.43. The summed E-state index contributed by atoms with van der Waals surface area (Å²) in [4.78, 5) is 25.0. The number of benzene rings is 3. The zero-order valence-corrected chi connectivity index (χ0v) is 18.3. The van der Waals surface area contributed by atoms with Crippen molar-refractivity contribution in [1.82, 2.24) is 9.78 Å². The van der Waals surface area contributed by atoms with Crippen molar-refractivity contribution in [2.24, 2.45) is 0 Å². The van der Waals surface area contributed by atoms with E-state index in [1.54, 1.807) is 43.0 Å². The number of amides is 1. The average molecular weight is 441 g/mol. The third-order valence-electron chi connectivity index (χ3n) is 4.96. The van der Waals surface area contributed by atoms with E-state index in [-0.39, 0.29) is 18.2 Å². The second-order valence-electron chi connectivity index (χ2n) is 7.12. The molecule has 3 aromatic carbocycles. The number of nitrogens with zero attached hydrogens (tertiary/aromatic N) is 2. The van der Waals surface area contributed by atoms with Crippen LogP contribution in [0, 0.1) is 0 Å². The van der Waals surface area contributed by atoms with E-state index >= 15 is 0 Å². The number of esters is 1. The highest BCUT2D eigenvalue weighted by Crippen LogP contribution is 2.30. The molecular formula is C26H23N3O4. The van der Waals surface area contributed by atoms with Gasteiger partial charge < -0.3 is 14.8 Å². The molecular weight excluding hydrogens is 418 g/mol. The quantitative estimate of drug-likeness (QED) is 0.409. The van der Waals surface area contributed by atoms with Crippen LogP contribution in [-0.2, 0) is 4.74 Å². The van der Waals surface area contributed by atoms with Crippen LogP contribution in [0.15, 0.2) is 84.9 Å². The molecule has 0 saturated heterocycles. The van der Waals surface area contributed by atoms with Crippen molar-refractivity contribution >= 4 is 17.6 Å². The number of nitrogens with one attached hydrogen (secondary N) is 1. The molecule has 4 aromatic rings. The molecule has 1 N–H and O–H groups in total. The largest absolute Gasteiger partial charge is 0.494 e. The van der Waals surface area contributed by atoms with E-state index in [1.165, 1.54) is 0 Å². The van der Waals surface area contributed by atoms with Gasteiger partial charge >= 0.3 is 5.97 Å². The van der Waals surface area contributed by atoms with E-state index in [2.05, 4.69) is 10.4 Å². The van der Waals surface area contributed by atoms with Crippen LogP contribution in [0.25, 0.3) is 16.9 Å². The minimum atomic E-state index is -0.513. The van der Waals surface area contributed by atoms with E-state index in [9.17, 15) is 9.59 Å². The first-order chi connectivity index (χ1) is 16.1. The number of carbonyl (C=O) groups is 2. The Morgan fingerprint density at radius 1 is 0.939 bits per heavy atom. The van der Waals surface area contributed by atoms with Gasteiger partial charge in [0.1, 0.15) is 11.4 Å². The monoisotopic (exact) mass is 441 g/mol. The van der Waals surface area contributed by atoms with Crippen molar-refractivity contribution in [1.29, 1.82) is 0 Å². The van der Waals surface area contributed by atoms with E-state index in [1.807, 2.05) is 60.7 Å². The molecule has 7 nitrogen and oxygen atoms in total. The molecule has 0 aliphatic carbocycles. The summed E-state index contributed by atoms with van der Waals surface area (Å²) in [7, 11) is 1.58. The molecule has 166 valence electrons. The molecule has 0 radical (unpaired) electrons. The molecule has 1 heterocycles. The van der Waals surface area contributed by atoms with E-state index in [0.29, 0.717) is 28.4 Å². The van der Waals surface area contributed by atoms with Gasteiger partial charge in [0, 0.05) is 16.8 Å². The zero-order chi connectivity index (χ0) is 23.2. The summed E-state index contributed by atoms with van der Waals surface area (Å²) >= 11 is 0. The number of carbonyl (C=O) groups excluding carboxylic acids is 2. The van der Waals surface area contributed by atoms with Gasteiger partial charge in [0.2, 0.25) is 0 Å². The average Bonchev–Trinajstić information content (AvgIpc) is 3.30. The van der Waals surface area contributed by atoms with Crippen molar-refractivity contribution in [2.75, 3.05) is 19.0 Å². The Hall–Kier alpha value is -4.39. The number of para-hydroxylation sites is 2. The maximum atomic E-state index is 12.6. The molecule has 33 heavy (non-hydrogen) atoms. The lowest BCUT2D eigenvalue weighted by molar-refractivity contribution is 0.0518. The number of anilines is 1. The molecule has 0 fully saturated rings.